The minimum atomic E-state index is -3.88. The van der Waals surface area contributed by atoms with Crippen molar-refractivity contribution in [3.05, 3.63) is 94.5 Å². The second-order valence-corrected chi connectivity index (χ2v) is 10.0. The molecule has 0 saturated carbocycles. The van der Waals surface area contributed by atoms with Gasteiger partial charge in [0.25, 0.3) is 5.91 Å². The van der Waals surface area contributed by atoms with Crippen LogP contribution in [-0.2, 0) is 23.1 Å². The number of carbonyl (C=O) groups is 1. The lowest BCUT2D eigenvalue weighted by Gasteiger charge is -2.20. The van der Waals surface area contributed by atoms with E-state index in [1.54, 1.807) is 12.1 Å². The number of nitrogens with zero attached hydrogens (tertiary/aromatic N) is 2. The molecule has 0 aromatic heterocycles. The summed E-state index contributed by atoms with van der Waals surface area (Å²) in [4.78, 5) is 14.3. The average Bonchev–Trinajstić information content (AvgIpc) is 2.80. The van der Waals surface area contributed by atoms with E-state index in [4.69, 9.17) is 11.6 Å². The first-order chi connectivity index (χ1) is 16.1. The van der Waals surface area contributed by atoms with Crippen LogP contribution in [0.3, 0.4) is 0 Å². The third-order valence-corrected chi connectivity index (χ3v) is 7.17. The van der Waals surface area contributed by atoms with Crippen LogP contribution < -0.4 is 4.74 Å². The summed E-state index contributed by atoms with van der Waals surface area (Å²) in [5.74, 6) is -0.478. The average molecular weight is 509 g/mol. The molecular weight excluding hydrogens is 486 g/mol. The van der Waals surface area contributed by atoms with Gasteiger partial charge in [0.2, 0.25) is 10.0 Å². The molecule has 0 N–H and O–H groups in total. The molecule has 3 aromatic rings. The van der Waals surface area contributed by atoms with Crippen LogP contribution in [0.5, 0.6) is 5.75 Å². The number of alkyl halides is 2. The van der Waals surface area contributed by atoms with Crippen molar-refractivity contribution in [2.24, 2.45) is 0 Å². The topological polar surface area (TPSA) is 66.9 Å². The quantitative estimate of drug-likeness (QED) is 0.406. The molecule has 180 valence electrons. The summed E-state index contributed by atoms with van der Waals surface area (Å²) in [7, 11) is -0.884. The van der Waals surface area contributed by atoms with Gasteiger partial charge in [0.15, 0.2) is 0 Å². The monoisotopic (exact) mass is 508 g/mol. The minimum absolute atomic E-state index is 0.00769. The molecule has 0 saturated heterocycles. The van der Waals surface area contributed by atoms with Crippen LogP contribution in [0.1, 0.15) is 21.5 Å². The van der Waals surface area contributed by atoms with E-state index in [9.17, 15) is 22.0 Å². The molecule has 10 heteroatoms. The van der Waals surface area contributed by atoms with Crippen LogP contribution in [0.2, 0.25) is 5.02 Å². The molecule has 0 aliphatic heterocycles. The zero-order valence-electron chi connectivity index (χ0n) is 18.5. The van der Waals surface area contributed by atoms with Gasteiger partial charge in [-0.05, 0) is 41.5 Å². The van der Waals surface area contributed by atoms with Gasteiger partial charge in [0.1, 0.15) is 5.75 Å². The summed E-state index contributed by atoms with van der Waals surface area (Å²) >= 11 is 6.22. The van der Waals surface area contributed by atoms with E-state index in [2.05, 4.69) is 4.74 Å². The van der Waals surface area contributed by atoms with E-state index >= 15 is 0 Å². The first kappa shape index (κ1) is 25.6. The third kappa shape index (κ3) is 6.31. The Kier molecular flexibility index (Phi) is 8.24. The fourth-order valence-corrected chi connectivity index (χ4v) is 4.65. The largest absolute Gasteiger partial charge is 0.435 e. The van der Waals surface area contributed by atoms with Crippen molar-refractivity contribution < 1.29 is 26.7 Å². The van der Waals surface area contributed by atoms with E-state index < -0.39 is 22.5 Å². The number of rotatable bonds is 9. The summed E-state index contributed by atoms with van der Waals surface area (Å²) in [5, 5.41) is 0.113. The van der Waals surface area contributed by atoms with Crippen molar-refractivity contribution in [2.45, 2.75) is 24.6 Å². The van der Waals surface area contributed by atoms with Crippen LogP contribution in [0, 0.1) is 0 Å². The smallest absolute Gasteiger partial charge is 0.387 e. The van der Waals surface area contributed by atoms with Crippen LogP contribution in [0.4, 0.5) is 8.78 Å². The predicted molar refractivity (Wildman–Crippen MR) is 125 cm³/mol. The zero-order valence-corrected chi connectivity index (χ0v) is 20.1. The minimum Gasteiger partial charge on any atom is -0.435 e. The van der Waals surface area contributed by atoms with E-state index in [0.29, 0.717) is 5.56 Å². The molecular formula is C24H23ClF2N2O4S. The van der Waals surface area contributed by atoms with E-state index in [1.165, 1.54) is 53.6 Å². The highest BCUT2D eigenvalue weighted by atomic mass is 35.5. The van der Waals surface area contributed by atoms with Gasteiger partial charge >= 0.3 is 6.61 Å². The highest BCUT2D eigenvalue weighted by Gasteiger charge is 2.24. The van der Waals surface area contributed by atoms with Crippen LogP contribution in [-0.4, -0.2) is 44.2 Å². The molecule has 0 aliphatic rings. The van der Waals surface area contributed by atoms with Crippen molar-refractivity contribution in [1.82, 2.24) is 9.21 Å². The molecule has 0 bridgehead atoms. The highest BCUT2D eigenvalue weighted by Crippen LogP contribution is 2.25. The van der Waals surface area contributed by atoms with Crippen molar-refractivity contribution in [3.63, 3.8) is 0 Å². The van der Waals surface area contributed by atoms with E-state index in [-0.39, 0.29) is 34.3 Å². The Bertz CT molecular complexity index is 1240. The number of hydrogen-bond donors (Lipinski definition) is 0. The number of hydrogen-bond acceptors (Lipinski definition) is 4. The Morgan fingerprint density at radius 1 is 0.941 bits per heavy atom. The Labute approximate surface area is 202 Å². The summed E-state index contributed by atoms with van der Waals surface area (Å²) in [6.45, 7) is -2.61. The first-order valence-corrected chi connectivity index (χ1v) is 12.0. The zero-order chi connectivity index (χ0) is 24.9. The molecule has 1 amide bonds. The molecule has 0 heterocycles. The fraction of sp³-hybridized carbons (Fsp3) is 0.208. The molecule has 0 atom stereocenters. The number of carbonyl (C=O) groups excluding carboxylic acids is 1. The van der Waals surface area contributed by atoms with Crippen molar-refractivity contribution >= 4 is 27.5 Å². The lowest BCUT2D eigenvalue weighted by molar-refractivity contribution is -0.0498. The van der Waals surface area contributed by atoms with Gasteiger partial charge < -0.3 is 9.64 Å². The molecule has 0 radical (unpaired) electrons. The Balaban J connectivity index is 1.77. The molecule has 3 aromatic carbocycles. The molecule has 0 fully saturated rings. The number of benzene rings is 3. The molecule has 3 rings (SSSR count). The van der Waals surface area contributed by atoms with Gasteiger partial charge in [-0.1, -0.05) is 54.1 Å². The maximum Gasteiger partial charge on any atom is 0.387 e. The lowest BCUT2D eigenvalue weighted by Crippen LogP contribution is -2.28. The number of halogens is 3. The van der Waals surface area contributed by atoms with Crippen molar-refractivity contribution in [1.29, 1.82) is 0 Å². The fourth-order valence-electron chi connectivity index (χ4n) is 3.26. The van der Waals surface area contributed by atoms with Crippen LogP contribution >= 0.6 is 11.6 Å². The summed E-state index contributed by atoms with van der Waals surface area (Å²) in [5.41, 5.74) is 1.53. The van der Waals surface area contributed by atoms with E-state index in [1.807, 2.05) is 30.3 Å². The third-order valence-electron chi connectivity index (χ3n) is 5.04. The van der Waals surface area contributed by atoms with E-state index in [0.717, 1.165) is 5.56 Å². The maximum absolute atomic E-state index is 13.1. The molecule has 6 nitrogen and oxygen atoms in total. The van der Waals surface area contributed by atoms with Gasteiger partial charge in [-0.2, -0.15) is 13.1 Å². The second kappa shape index (κ2) is 10.9. The standard InChI is InChI=1S/C24H23ClF2N2O4S/c1-28(15-18-8-10-19(11-9-18)33-24(26)27)23(30)21-14-20(12-13-22(21)25)34(31,32)29(2)16-17-6-4-3-5-7-17/h3-14,24H,15-16H2,1-2H3. The summed E-state index contributed by atoms with van der Waals surface area (Å²) < 4.78 is 56.3. The van der Waals surface area contributed by atoms with Gasteiger partial charge in [0.05, 0.1) is 15.5 Å². The molecule has 0 unspecified atom stereocenters. The van der Waals surface area contributed by atoms with Gasteiger partial charge in [-0.25, -0.2) is 8.42 Å². The summed E-state index contributed by atoms with van der Waals surface area (Å²) in [6.07, 6.45) is 0. The van der Waals surface area contributed by atoms with Gasteiger partial charge in [-0.15, -0.1) is 0 Å². The predicted octanol–water partition coefficient (Wildman–Crippen LogP) is 5.03. The molecule has 34 heavy (non-hydrogen) atoms. The number of ether oxygens (including phenoxy) is 1. The number of sulfonamides is 1. The van der Waals surface area contributed by atoms with Gasteiger partial charge in [-0.3, -0.25) is 4.79 Å². The highest BCUT2D eigenvalue weighted by molar-refractivity contribution is 7.89. The Morgan fingerprint density at radius 2 is 1.56 bits per heavy atom. The van der Waals surface area contributed by atoms with Gasteiger partial charge in [0, 0.05) is 27.2 Å². The van der Waals surface area contributed by atoms with Crippen LogP contribution in [0.15, 0.2) is 77.7 Å². The lowest BCUT2D eigenvalue weighted by atomic mass is 10.1. The molecule has 0 spiro atoms. The normalized spacial score (nSPS) is 11.6. The Hall–Kier alpha value is -3.01. The maximum atomic E-state index is 13.1. The first-order valence-electron chi connectivity index (χ1n) is 10.2. The van der Waals surface area contributed by atoms with Crippen molar-refractivity contribution in [2.75, 3.05) is 14.1 Å². The number of amides is 1. The second-order valence-electron chi connectivity index (χ2n) is 7.57. The van der Waals surface area contributed by atoms with Crippen LogP contribution in [0.25, 0.3) is 0 Å². The Morgan fingerprint density at radius 3 is 2.18 bits per heavy atom. The van der Waals surface area contributed by atoms with Crippen molar-refractivity contribution in [3.8, 4) is 5.75 Å². The SMILES string of the molecule is CN(Cc1ccc(OC(F)F)cc1)C(=O)c1cc(S(=O)(=O)N(C)Cc2ccccc2)ccc1Cl. The molecule has 0 aliphatic carbocycles. The summed E-state index contributed by atoms with van der Waals surface area (Å²) in [6, 6.07) is 19.0.